The highest BCUT2D eigenvalue weighted by atomic mass is 16.7. The molecule has 0 saturated heterocycles. The molecule has 0 radical (unpaired) electrons. The first-order valence-electron chi connectivity index (χ1n) is 7.68. The number of fused-ring (bicyclic) bond motifs is 1. The maximum atomic E-state index is 12.5. The van der Waals surface area contributed by atoms with Crippen molar-refractivity contribution in [1.82, 2.24) is 5.32 Å². The van der Waals surface area contributed by atoms with Crippen LogP contribution in [0, 0.1) is 0 Å². The lowest BCUT2D eigenvalue weighted by atomic mass is 10.0. The molecule has 0 saturated carbocycles. The second-order valence-corrected chi connectivity index (χ2v) is 5.61. The third-order valence-electron chi connectivity index (χ3n) is 3.96. The molecule has 1 heterocycles. The predicted octanol–water partition coefficient (Wildman–Crippen LogP) is 2.37. The summed E-state index contributed by atoms with van der Waals surface area (Å²) in [5, 5.41) is 3.22. The fraction of sp³-hybridized carbons (Fsp3) is 0.278. The van der Waals surface area contributed by atoms with Crippen molar-refractivity contribution in [2.45, 2.75) is 19.5 Å². The smallest absolute Gasteiger partial charge is 0.231 e. The zero-order valence-electron chi connectivity index (χ0n) is 13.7. The van der Waals surface area contributed by atoms with Crippen LogP contribution in [0.25, 0.3) is 0 Å². The Morgan fingerprint density at radius 2 is 2.04 bits per heavy atom. The van der Waals surface area contributed by atoms with E-state index in [1.807, 2.05) is 25.1 Å². The Kier molecular flexibility index (Phi) is 4.57. The first kappa shape index (κ1) is 16.1. The summed E-state index contributed by atoms with van der Waals surface area (Å²) in [5.74, 6) is 2.02. The second kappa shape index (κ2) is 6.80. The molecule has 0 amide bonds. The number of anilines is 1. The Bertz CT molecular complexity index is 761. The monoisotopic (exact) mass is 328 g/mol. The number of nitrogen functional groups attached to an aromatic ring is 1. The highest BCUT2D eigenvalue weighted by molar-refractivity contribution is 6.00. The summed E-state index contributed by atoms with van der Waals surface area (Å²) < 4.78 is 15.7. The molecule has 1 aliphatic heterocycles. The van der Waals surface area contributed by atoms with Crippen LogP contribution in [0.5, 0.6) is 17.2 Å². The largest absolute Gasteiger partial charge is 0.495 e. The summed E-state index contributed by atoms with van der Waals surface area (Å²) in [5.41, 5.74) is 7.89. The number of ether oxygens (including phenoxy) is 3. The topological polar surface area (TPSA) is 82.8 Å². The zero-order valence-corrected chi connectivity index (χ0v) is 13.7. The van der Waals surface area contributed by atoms with Crippen molar-refractivity contribution in [3.05, 3.63) is 47.5 Å². The summed E-state index contributed by atoms with van der Waals surface area (Å²) in [4.78, 5) is 12.5. The maximum absolute atomic E-state index is 12.5. The Balaban J connectivity index is 1.63. The molecule has 3 N–H and O–H groups in total. The van der Waals surface area contributed by atoms with Gasteiger partial charge in [-0.1, -0.05) is 6.07 Å². The normalized spacial score (nSPS) is 13.6. The summed E-state index contributed by atoms with van der Waals surface area (Å²) in [6.45, 7) is 2.63. The SMILES string of the molecule is COc1ccc(C(=O)C(C)NCc2ccc3c(c2)OCO3)cc1N. The van der Waals surface area contributed by atoms with Crippen LogP contribution in [0.4, 0.5) is 5.69 Å². The Morgan fingerprint density at radius 1 is 1.25 bits per heavy atom. The van der Waals surface area contributed by atoms with Gasteiger partial charge >= 0.3 is 0 Å². The quantitative estimate of drug-likeness (QED) is 0.626. The molecular weight excluding hydrogens is 308 g/mol. The molecule has 6 nitrogen and oxygen atoms in total. The molecule has 3 rings (SSSR count). The van der Waals surface area contributed by atoms with Gasteiger partial charge in [-0.3, -0.25) is 4.79 Å². The van der Waals surface area contributed by atoms with E-state index in [1.54, 1.807) is 25.3 Å². The van der Waals surface area contributed by atoms with E-state index in [0.29, 0.717) is 23.5 Å². The zero-order chi connectivity index (χ0) is 17.1. The summed E-state index contributed by atoms with van der Waals surface area (Å²) in [6, 6.07) is 10.4. The summed E-state index contributed by atoms with van der Waals surface area (Å²) in [7, 11) is 1.54. The van der Waals surface area contributed by atoms with Crippen molar-refractivity contribution in [1.29, 1.82) is 0 Å². The van der Waals surface area contributed by atoms with Crippen LogP contribution in [0.1, 0.15) is 22.8 Å². The first-order chi connectivity index (χ1) is 11.6. The average Bonchev–Trinajstić information content (AvgIpc) is 3.06. The van der Waals surface area contributed by atoms with Crippen molar-refractivity contribution in [2.75, 3.05) is 19.6 Å². The second-order valence-electron chi connectivity index (χ2n) is 5.61. The number of carbonyl (C=O) groups is 1. The average molecular weight is 328 g/mol. The molecule has 24 heavy (non-hydrogen) atoms. The molecule has 1 atom stereocenters. The number of nitrogens with one attached hydrogen (secondary N) is 1. The molecule has 0 spiro atoms. The number of carbonyl (C=O) groups excluding carboxylic acids is 1. The van der Waals surface area contributed by atoms with Crippen LogP contribution in [-0.2, 0) is 6.54 Å². The van der Waals surface area contributed by atoms with Gasteiger partial charge in [-0.05, 0) is 42.8 Å². The summed E-state index contributed by atoms with van der Waals surface area (Å²) >= 11 is 0. The number of benzene rings is 2. The highest BCUT2D eigenvalue weighted by Gasteiger charge is 2.17. The Labute approximate surface area is 140 Å². The van der Waals surface area contributed by atoms with Gasteiger partial charge in [-0.2, -0.15) is 0 Å². The minimum atomic E-state index is -0.344. The van der Waals surface area contributed by atoms with Crippen molar-refractivity contribution >= 4 is 11.5 Å². The van der Waals surface area contributed by atoms with Crippen LogP contribution in [0.2, 0.25) is 0 Å². The third-order valence-corrected chi connectivity index (χ3v) is 3.96. The van der Waals surface area contributed by atoms with E-state index in [9.17, 15) is 4.79 Å². The van der Waals surface area contributed by atoms with E-state index in [4.69, 9.17) is 19.9 Å². The molecule has 1 aliphatic rings. The number of ketones is 1. The van der Waals surface area contributed by atoms with Crippen LogP contribution in [-0.4, -0.2) is 25.7 Å². The molecule has 1 unspecified atom stereocenters. The molecule has 6 heteroatoms. The standard InChI is InChI=1S/C18H20N2O4/c1-11(18(21)13-4-6-15(22-2)14(19)8-13)20-9-12-3-5-16-17(7-12)24-10-23-16/h3-8,11,20H,9-10,19H2,1-2H3. The first-order valence-corrected chi connectivity index (χ1v) is 7.68. The molecule has 2 aromatic carbocycles. The van der Waals surface area contributed by atoms with Crippen LogP contribution in [0.3, 0.4) is 0 Å². The molecule has 0 aromatic heterocycles. The van der Waals surface area contributed by atoms with Gasteiger partial charge < -0.3 is 25.3 Å². The van der Waals surface area contributed by atoms with E-state index in [-0.39, 0.29) is 18.6 Å². The van der Waals surface area contributed by atoms with E-state index in [0.717, 1.165) is 17.1 Å². The minimum Gasteiger partial charge on any atom is -0.495 e. The third kappa shape index (κ3) is 3.28. The van der Waals surface area contributed by atoms with Crippen LogP contribution >= 0.6 is 0 Å². The number of Topliss-reactive ketones (excluding diaryl/α,β-unsaturated/α-hetero) is 1. The molecule has 0 fully saturated rings. The number of hydrogen-bond donors (Lipinski definition) is 2. The van der Waals surface area contributed by atoms with Gasteiger partial charge in [0.15, 0.2) is 17.3 Å². The molecule has 126 valence electrons. The van der Waals surface area contributed by atoms with Crippen LogP contribution in [0.15, 0.2) is 36.4 Å². The van der Waals surface area contributed by atoms with Gasteiger partial charge in [0.1, 0.15) is 5.75 Å². The number of rotatable bonds is 6. The maximum Gasteiger partial charge on any atom is 0.231 e. The van der Waals surface area contributed by atoms with Crippen molar-refractivity contribution < 1.29 is 19.0 Å². The van der Waals surface area contributed by atoms with Crippen molar-refractivity contribution in [3.8, 4) is 17.2 Å². The molecule has 2 aromatic rings. The highest BCUT2D eigenvalue weighted by Crippen LogP contribution is 2.32. The van der Waals surface area contributed by atoms with Crippen molar-refractivity contribution in [2.24, 2.45) is 0 Å². The number of nitrogens with two attached hydrogens (primary N) is 1. The lowest BCUT2D eigenvalue weighted by Gasteiger charge is -2.14. The van der Waals surface area contributed by atoms with Gasteiger partial charge in [-0.15, -0.1) is 0 Å². The van der Waals surface area contributed by atoms with Gasteiger partial charge in [0.25, 0.3) is 0 Å². The molecule has 0 aliphatic carbocycles. The van der Waals surface area contributed by atoms with Gasteiger partial charge in [0.05, 0.1) is 18.8 Å². The van der Waals surface area contributed by atoms with Crippen molar-refractivity contribution in [3.63, 3.8) is 0 Å². The number of methoxy groups -OCH3 is 1. The van der Waals surface area contributed by atoms with Gasteiger partial charge in [0, 0.05) is 12.1 Å². The van der Waals surface area contributed by atoms with Gasteiger partial charge in [-0.25, -0.2) is 0 Å². The Morgan fingerprint density at radius 3 is 2.79 bits per heavy atom. The number of hydrogen-bond acceptors (Lipinski definition) is 6. The Hall–Kier alpha value is -2.73. The van der Waals surface area contributed by atoms with Crippen LogP contribution < -0.4 is 25.3 Å². The fourth-order valence-corrected chi connectivity index (χ4v) is 2.55. The molecular formula is C18H20N2O4. The lowest BCUT2D eigenvalue weighted by Crippen LogP contribution is -2.33. The molecule has 0 bridgehead atoms. The van der Waals surface area contributed by atoms with E-state index < -0.39 is 0 Å². The van der Waals surface area contributed by atoms with E-state index in [2.05, 4.69) is 5.32 Å². The van der Waals surface area contributed by atoms with Gasteiger partial charge in [0.2, 0.25) is 6.79 Å². The fourth-order valence-electron chi connectivity index (χ4n) is 2.55. The van der Waals surface area contributed by atoms with E-state index in [1.165, 1.54) is 0 Å². The minimum absolute atomic E-state index is 0.0231. The predicted molar refractivity (Wildman–Crippen MR) is 90.6 cm³/mol. The summed E-state index contributed by atoms with van der Waals surface area (Å²) in [6.07, 6.45) is 0. The van der Waals surface area contributed by atoms with E-state index >= 15 is 0 Å². The lowest BCUT2D eigenvalue weighted by molar-refractivity contribution is 0.0950.